The van der Waals surface area contributed by atoms with Crippen molar-refractivity contribution >= 4 is 6.09 Å². The third-order valence-electron chi connectivity index (χ3n) is 5.64. The zero-order chi connectivity index (χ0) is 20.3. The van der Waals surface area contributed by atoms with Crippen LogP contribution >= 0.6 is 0 Å². The Hall–Kier alpha value is -1.75. The van der Waals surface area contributed by atoms with Crippen LogP contribution in [0.15, 0.2) is 18.2 Å². The number of hydrogen-bond donors (Lipinski definition) is 0. The molecule has 1 saturated heterocycles. The largest absolute Gasteiger partial charge is 0.490 e. The summed E-state index contributed by atoms with van der Waals surface area (Å²) in [4.78, 5) is 16.7. The molecule has 2 aliphatic rings. The van der Waals surface area contributed by atoms with E-state index in [1.807, 2.05) is 25.7 Å². The second-order valence-corrected chi connectivity index (χ2v) is 9.34. The highest BCUT2D eigenvalue weighted by Gasteiger charge is 2.25. The quantitative estimate of drug-likeness (QED) is 0.775. The maximum Gasteiger partial charge on any atom is 0.410 e. The van der Waals surface area contributed by atoms with Gasteiger partial charge in [-0.15, -0.1) is 0 Å². The van der Waals surface area contributed by atoms with Crippen LogP contribution in [0.1, 0.15) is 58.6 Å². The van der Waals surface area contributed by atoms with Crippen LogP contribution in [-0.2, 0) is 17.6 Å². The van der Waals surface area contributed by atoms with E-state index < -0.39 is 5.60 Å². The van der Waals surface area contributed by atoms with Gasteiger partial charge in [0.1, 0.15) is 17.5 Å². The summed E-state index contributed by atoms with van der Waals surface area (Å²) in [6.07, 6.45) is 3.97. The molecule has 2 aliphatic heterocycles. The number of amides is 1. The maximum absolute atomic E-state index is 12.4. The first kappa shape index (κ1) is 21.0. The first-order valence-electron chi connectivity index (χ1n) is 10.7. The van der Waals surface area contributed by atoms with Gasteiger partial charge in [0.25, 0.3) is 0 Å². The van der Waals surface area contributed by atoms with Crippen LogP contribution in [0.3, 0.4) is 0 Å². The van der Waals surface area contributed by atoms with Crippen molar-refractivity contribution in [1.29, 1.82) is 0 Å². The van der Waals surface area contributed by atoms with Gasteiger partial charge in [-0.25, -0.2) is 4.79 Å². The lowest BCUT2D eigenvalue weighted by atomic mass is 10.0. The van der Waals surface area contributed by atoms with Gasteiger partial charge in [-0.1, -0.05) is 6.07 Å². The molecule has 0 saturated carbocycles. The molecule has 0 bridgehead atoms. The predicted octanol–water partition coefficient (Wildman–Crippen LogP) is 4.27. The first-order chi connectivity index (χ1) is 13.2. The Morgan fingerprint density at radius 3 is 2.29 bits per heavy atom. The molecule has 28 heavy (non-hydrogen) atoms. The predicted molar refractivity (Wildman–Crippen MR) is 112 cm³/mol. The molecule has 0 aromatic heterocycles. The zero-order valence-corrected chi connectivity index (χ0v) is 18.2. The van der Waals surface area contributed by atoms with E-state index in [0.29, 0.717) is 25.2 Å². The number of piperidine rings is 1. The average molecular weight is 389 g/mol. The minimum atomic E-state index is -0.456. The van der Waals surface area contributed by atoms with Gasteiger partial charge < -0.3 is 19.3 Å². The van der Waals surface area contributed by atoms with Crippen molar-refractivity contribution in [3.05, 3.63) is 29.3 Å². The van der Waals surface area contributed by atoms with Crippen molar-refractivity contribution in [1.82, 2.24) is 9.80 Å². The van der Waals surface area contributed by atoms with E-state index in [2.05, 4.69) is 36.9 Å². The molecule has 2 heterocycles. The molecule has 5 nitrogen and oxygen atoms in total. The van der Waals surface area contributed by atoms with Crippen LogP contribution in [0.2, 0.25) is 0 Å². The van der Waals surface area contributed by atoms with Crippen LogP contribution < -0.4 is 4.74 Å². The number of rotatable bonds is 3. The van der Waals surface area contributed by atoms with Gasteiger partial charge in [-0.2, -0.15) is 0 Å². The van der Waals surface area contributed by atoms with E-state index in [0.717, 1.165) is 44.5 Å². The first-order valence-corrected chi connectivity index (χ1v) is 10.7. The van der Waals surface area contributed by atoms with Crippen molar-refractivity contribution in [2.45, 2.75) is 78.0 Å². The molecule has 1 fully saturated rings. The van der Waals surface area contributed by atoms with Gasteiger partial charge in [0.2, 0.25) is 0 Å². The molecule has 0 N–H and O–H groups in total. The van der Waals surface area contributed by atoms with Crippen molar-refractivity contribution < 1.29 is 14.3 Å². The Bertz CT molecular complexity index is 673. The fourth-order valence-corrected chi connectivity index (χ4v) is 3.99. The van der Waals surface area contributed by atoms with Gasteiger partial charge in [0.15, 0.2) is 0 Å². The third-order valence-corrected chi connectivity index (χ3v) is 5.64. The van der Waals surface area contributed by atoms with E-state index in [4.69, 9.17) is 9.47 Å². The zero-order valence-electron chi connectivity index (χ0n) is 18.2. The van der Waals surface area contributed by atoms with Crippen molar-refractivity contribution in [2.24, 2.45) is 0 Å². The highest BCUT2D eigenvalue weighted by atomic mass is 16.6. The Morgan fingerprint density at radius 1 is 1.04 bits per heavy atom. The number of benzene rings is 1. The topological polar surface area (TPSA) is 42.0 Å². The molecule has 0 unspecified atom stereocenters. The molecule has 0 radical (unpaired) electrons. The molecule has 5 heteroatoms. The van der Waals surface area contributed by atoms with E-state index in [-0.39, 0.29) is 6.09 Å². The molecule has 1 aromatic carbocycles. The number of ether oxygens (including phenoxy) is 2. The minimum absolute atomic E-state index is 0.214. The van der Waals surface area contributed by atoms with Gasteiger partial charge in [-0.05, 0) is 83.6 Å². The van der Waals surface area contributed by atoms with Crippen LogP contribution in [0.5, 0.6) is 5.75 Å². The number of nitrogens with zero attached hydrogens (tertiary/aromatic N) is 2. The lowest BCUT2D eigenvalue weighted by molar-refractivity contribution is 0.0258. The standard InChI is InChI=1S/C23H36N2O3/c1-17(2)24-14-10-20(11-15-24)27-21-7-6-18-8-12-25(13-9-19(18)16-21)22(26)28-23(3,4)5/h6-7,16-17,20H,8-15H2,1-5H3. The number of hydrogen-bond acceptors (Lipinski definition) is 4. The van der Waals surface area contributed by atoms with Gasteiger partial charge in [0, 0.05) is 32.2 Å². The highest BCUT2D eigenvalue weighted by Crippen LogP contribution is 2.25. The summed E-state index contributed by atoms with van der Waals surface area (Å²) in [5.74, 6) is 0.965. The monoisotopic (exact) mass is 388 g/mol. The van der Waals surface area contributed by atoms with Gasteiger partial charge in [0.05, 0.1) is 0 Å². The van der Waals surface area contributed by atoms with Crippen molar-refractivity contribution in [3.63, 3.8) is 0 Å². The molecular formula is C23H36N2O3. The summed E-state index contributed by atoms with van der Waals surface area (Å²) in [5, 5.41) is 0. The minimum Gasteiger partial charge on any atom is -0.490 e. The Morgan fingerprint density at radius 2 is 1.68 bits per heavy atom. The SMILES string of the molecule is CC(C)N1CCC(Oc2ccc3c(c2)CCN(C(=O)OC(C)(C)C)CC3)CC1. The Labute approximate surface area is 170 Å². The summed E-state index contributed by atoms with van der Waals surface area (Å²) >= 11 is 0. The molecule has 0 spiro atoms. The van der Waals surface area contributed by atoms with Crippen LogP contribution in [0, 0.1) is 0 Å². The van der Waals surface area contributed by atoms with Crippen LogP contribution in [0.25, 0.3) is 0 Å². The second-order valence-electron chi connectivity index (χ2n) is 9.34. The van der Waals surface area contributed by atoms with Gasteiger partial charge in [-0.3, -0.25) is 0 Å². The average Bonchev–Trinajstić information content (AvgIpc) is 2.83. The number of likely N-dealkylation sites (tertiary alicyclic amines) is 1. The summed E-state index contributed by atoms with van der Waals surface area (Å²) in [7, 11) is 0. The molecule has 156 valence electrons. The third kappa shape index (κ3) is 5.63. The summed E-state index contributed by atoms with van der Waals surface area (Å²) in [6.45, 7) is 13.9. The van der Waals surface area contributed by atoms with Gasteiger partial charge >= 0.3 is 6.09 Å². The molecular weight excluding hydrogens is 352 g/mol. The lowest BCUT2D eigenvalue weighted by Gasteiger charge is -2.34. The fraction of sp³-hybridized carbons (Fsp3) is 0.696. The molecule has 3 rings (SSSR count). The molecule has 0 atom stereocenters. The Kier molecular flexibility index (Phi) is 6.54. The lowest BCUT2D eigenvalue weighted by Crippen LogP contribution is -2.41. The second kappa shape index (κ2) is 8.73. The van der Waals surface area contributed by atoms with E-state index in [1.54, 1.807) is 0 Å². The number of carbonyl (C=O) groups is 1. The highest BCUT2D eigenvalue weighted by molar-refractivity contribution is 5.68. The smallest absolute Gasteiger partial charge is 0.410 e. The number of carbonyl (C=O) groups excluding carboxylic acids is 1. The summed E-state index contributed by atoms with van der Waals surface area (Å²) < 4.78 is 11.8. The fourth-order valence-electron chi connectivity index (χ4n) is 3.99. The van der Waals surface area contributed by atoms with Crippen LogP contribution in [0.4, 0.5) is 4.79 Å². The van der Waals surface area contributed by atoms with E-state index in [1.165, 1.54) is 11.1 Å². The molecule has 1 amide bonds. The van der Waals surface area contributed by atoms with E-state index in [9.17, 15) is 4.79 Å². The normalized spacial score (nSPS) is 19.3. The summed E-state index contributed by atoms with van der Waals surface area (Å²) in [5.41, 5.74) is 2.15. The molecule has 0 aliphatic carbocycles. The van der Waals surface area contributed by atoms with Crippen LogP contribution in [-0.4, -0.2) is 59.8 Å². The summed E-state index contributed by atoms with van der Waals surface area (Å²) in [6, 6.07) is 7.06. The molecule has 1 aromatic rings. The van der Waals surface area contributed by atoms with E-state index >= 15 is 0 Å². The Balaban J connectivity index is 1.57. The number of fused-ring (bicyclic) bond motifs is 1. The van der Waals surface area contributed by atoms with Crippen molar-refractivity contribution in [2.75, 3.05) is 26.2 Å². The van der Waals surface area contributed by atoms with Crippen molar-refractivity contribution in [3.8, 4) is 5.75 Å². The maximum atomic E-state index is 12.4.